The molecule has 0 N–H and O–H groups in total. The maximum Gasteiger partial charge on any atom is 0.108 e. The molecule has 1 aromatic carbocycles. The average molecular weight is 314 g/mol. The third-order valence-electron chi connectivity index (χ3n) is 5.44. The molecule has 3 aliphatic rings. The van der Waals surface area contributed by atoms with Gasteiger partial charge < -0.3 is 4.74 Å². The fraction of sp³-hybridized carbons (Fsp3) is 0.611. The van der Waals surface area contributed by atoms with Crippen LogP contribution in [0.1, 0.15) is 37.1 Å². The van der Waals surface area contributed by atoms with Gasteiger partial charge in [-0.1, -0.05) is 12.1 Å². The van der Waals surface area contributed by atoms with E-state index in [0.29, 0.717) is 12.2 Å². The molecule has 3 nitrogen and oxygen atoms in total. The van der Waals surface area contributed by atoms with Crippen LogP contribution in [0.3, 0.4) is 0 Å². The topological polar surface area (TPSA) is 25.4 Å². The molecule has 3 fully saturated rings. The highest BCUT2D eigenvalue weighted by Crippen LogP contribution is 2.41. The summed E-state index contributed by atoms with van der Waals surface area (Å²) >= 11 is 1.86. The van der Waals surface area contributed by atoms with Gasteiger partial charge in [0.05, 0.1) is 29.0 Å². The van der Waals surface area contributed by atoms with Crippen molar-refractivity contribution in [3.8, 4) is 0 Å². The minimum atomic E-state index is 0.543. The van der Waals surface area contributed by atoms with Crippen LogP contribution in [0.25, 0.3) is 10.2 Å². The Hall–Kier alpha value is -0.970. The van der Waals surface area contributed by atoms with Crippen LogP contribution in [0, 0.1) is 5.92 Å². The van der Waals surface area contributed by atoms with E-state index < -0.39 is 0 Å². The first-order chi connectivity index (χ1) is 10.8. The Morgan fingerprint density at radius 1 is 1.18 bits per heavy atom. The number of hydrogen-bond donors (Lipinski definition) is 0. The van der Waals surface area contributed by atoms with Crippen LogP contribution in [0.15, 0.2) is 24.3 Å². The molecule has 22 heavy (non-hydrogen) atoms. The number of nitrogens with zero attached hydrogens (tertiary/aromatic N) is 2. The van der Waals surface area contributed by atoms with Crippen molar-refractivity contribution in [3.05, 3.63) is 29.3 Å². The number of fused-ring (bicyclic) bond motifs is 3. The highest BCUT2D eigenvalue weighted by Gasteiger charge is 2.42. The second-order valence-corrected chi connectivity index (χ2v) is 8.22. The molecule has 116 valence electrons. The summed E-state index contributed by atoms with van der Waals surface area (Å²) in [5.41, 5.74) is 1.15. The lowest BCUT2D eigenvalue weighted by Crippen LogP contribution is -2.35. The first-order valence-corrected chi connectivity index (χ1v) is 9.41. The maximum atomic E-state index is 6.04. The molecule has 5 rings (SSSR count). The third-order valence-corrected chi connectivity index (χ3v) is 6.46. The fourth-order valence-corrected chi connectivity index (χ4v) is 5.17. The minimum absolute atomic E-state index is 0.543. The van der Waals surface area contributed by atoms with Crippen LogP contribution in [0.2, 0.25) is 0 Å². The number of aromatic nitrogens is 1. The smallest absolute Gasteiger partial charge is 0.108 e. The Morgan fingerprint density at radius 2 is 2.09 bits per heavy atom. The van der Waals surface area contributed by atoms with Crippen molar-refractivity contribution >= 4 is 21.6 Å². The van der Waals surface area contributed by atoms with Gasteiger partial charge in [0.1, 0.15) is 5.01 Å². The van der Waals surface area contributed by atoms with Crippen molar-refractivity contribution in [2.45, 2.75) is 56.9 Å². The molecule has 0 amide bonds. The van der Waals surface area contributed by atoms with E-state index in [2.05, 4.69) is 29.2 Å². The monoisotopic (exact) mass is 314 g/mol. The summed E-state index contributed by atoms with van der Waals surface area (Å²) < 4.78 is 7.36. The normalized spacial score (nSPS) is 30.7. The summed E-state index contributed by atoms with van der Waals surface area (Å²) in [6.07, 6.45) is 7.71. The summed E-state index contributed by atoms with van der Waals surface area (Å²) in [5, 5.41) is 1.28. The first-order valence-electron chi connectivity index (χ1n) is 8.59. The zero-order chi connectivity index (χ0) is 14.5. The quantitative estimate of drug-likeness (QED) is 0.839. The molecule has 1 aromatic heterocycles. The Balaban J connectivity index is 1.32. The van der Waals surface area contributed by atoms with Crippen molar-refractivity contribution in [2.75, 3.05) is 6.54 Å². The van der Waals surface area contributed by atoms with Gasteiger partial charge in [-0.25, -0.2) is 4.98 Å². The second kappa shape index (κ2) is 5.29. The van der Waals surface area contributed by atoms with E-state index in [-0.39, 0.29) is 0 Å². The lowest BCUT2D eigenvalue weighted by atomic mass is 9.89. The molecule has 1 aliphatic carbocycles. The molecule has 2 saturated heterocycles. The van der Waals surface area contributed by atoms with E-state index in [1.165, 1.54) is 48.4 Å². The molecule has 0 spiro atoms. The lowest BCUT2D eigenvalue weighted by molar-refractivity contribution is 0.0820. The largest absolute Gasteiger partial charge is 0.375 e. The Labute approximate surface area is 135 Å². The van der Waals surface area contributed by atoms with Crippen LogP contribution in [0.4, 0.5) is 0 Å². The van der Waals surface area contributed by atoms with Crippen molar-refractivity contribution in [3.63, 3.8) is 0 Å². The number of hydrogen-bond acceptors (Lipinski definition) is 4. The zero-order valence-corrected chi connectivity index (χ0v) is 13.6. The average Bonchev–Trinajstić information content (AvgIpc) is 2.98. The molecule has 3 heterocycles. The molecule has 2 bridgehead atoms. The zero-order valence-electron chi connectivity index (χ0n) is 12.8. The summed E-state index contributed by atoms with van der Waals surface area (Å²) in [6, 6.07) is 9.29. The molecule has 2 aromatic rings. The molecule has 0 radical (unpaired) electrons. The van der Waals surface area contributed by atoms with Gasteiger partial charge in [-0.3, -0.25) is 4.90 Å². The van der Waals surface area contributed by atoms with Gasteiger partial charge in [-0.15, -0.1) is 11.3 Å². The van der Waals surface area contributed by atoms with Crippen molar-refractivity contribution in [2.24, 2.45) is 5.92 Å². The van der Waals surface area contributed by atoms with Crippen molar-refractivity contribution < 1.29 is 4.74 Å². The summed E-state index contributed by atoms with van der Waals surface area (Å²) in [4.78, 5) is 7.52. The van der Waals surface area contributed by atoms with Crippen molar-refractivity contribution in [1.29, 1.82) is 0 Å². The summed E-state index contributed by atoms with van der Waals surface area (Å²) in [6.45, 7) is 2.24. The molecule has 3 unspecified atom stereocenters. The van der Waals surface area contributed by atoms with Gasteiger partial charge in [0.15, 0.2) is 0 Å². The molecule has 4 heteroatoms. The fourth-order valence-electron chi connectivity index (χ4n) is 4.18. The highest BCUT2D eigenvalue weighted by molar-refractivity contribution is 7.18. The van der Waals surface area contributed by atoms with E-state index in [4.69, 9.17) is 9.72 Å². The minimum Gasteiger partial charge on any atom is -0.375 e. The molecule has 1 saturated carbocycles. The molecular formula is C18H22N2OS. The van der Waals surface area contributed by atoms with Gasteiger partial charge in [0.25, 0.3) is 0 Å². The van der Waals surface area contributed by atoms with Crippen molar-refractivity contribution in [1.82, 2.24) is 9.88 Å². The van der Waals surface area contributed by atoms with E-state index in [0.717, 1.165) is 24.0 Å². The molecular weight excluding hydrogens is 292 g/mol. The van der Waals surface area contributed by atoms with E-state index in [1.807, 2.05) is 11.3 Å². The van der Waals surface area contributed by atoms with E-state index in [9.17, 15) is 0 Å². The van der Waals surface area contributed by atoms with E-state index >= 15 is 0 Å². The van der Waals surface area contributed by atoms with Crippen LogP contribution in [-0.2, 0) is 11.3 Å². The van der Waals surface area contributed by atoms with Crippen LogP contribution in [-0.4, -0.2) is 34.7 Å². The van der Waals surface area contributed by atoms with Crippen LogP contribution in [0.5, 0.6) is 0 Å². The Morgan fingerprint density at radius 3 is 2.82 bits per heavy atom. The molecule has 3 atom stereocenters. The number of para-hydroxylation sites is 1. The summed E-state index contributed by atoms with van der Waals surface area (Å²) in [5.74, 6) is 0.758. The van der Waals surface area contributed by atoms with Crippen LogP contribution >= 0.6 is 11.3 Å². The third kappa shape index (κ3) is 2.47. The van der Waals surface area contributed by atoms with Gasteiger partial charge in [0.2, 0.25) is 0 Å². The standard InChI is InChI=1S/C18H22N2OS/c1-2-4-17-15(3-1)19-18(22-17)11-20(13-5-6-13)10-12-9-14-7-8-16(12)21-14/h1-4,12-14,16H,5-11H2. The number of ether oxygens (including phenoxy) is 1. The predicted octanol–water partition coefficient (Wildman–Crippen LogP) is 3.83. The SMILES string of the molecule is c1ccc2sc(CN(CC3CC4CCC3O4)C3CC3)nc2c1. The van der Waals surface area contributed by atoms with Crippen LogP contribution < -0.4 is 0 Å². The van der Waals surface area contributed by atoms with Gasteiger partial charge in [-0.2, -0.15) is 0 Å². The van der Waals surface area contributed by atoms with Gasteiger partial charge in [0, 0.05) is 18.5 Å². The lowest BCUT2D eigenvalue weighted by Gasteiger charge is -2.27. The number of benzene rings is 1. The first kappa shape index (κ1) is 13.5. The van der Waals surface area contributed by atoms with E-state index in [1.54, 1.807) is 0 Å². The Kier molecular flexibility index (Phi) is 3.24. The second-order valence-electron chi connectivity index (χ2n) is 7.11. The number of thiazole rings is 1. The number of rotatable bonds is 5. The van der Waals surface area contributed by atoms with Gasteiger partial charge >= 0.3 is 0 Å². The maximum absolute atomic E-state index is 6.04. The highest BCUT2D eigenvalue weighted by atomic mass is 32.1. The summed E-state index contributed by atoms with van der Waals surface area (Å²) in [7, 11) is 0. The van der Waals surface area contributed by atoms with Gasteiger partial charge in [-0.05, 0) is 44.2 Å². The Bertz CT molecular complexity index is 648. The predicted molar refractivity (Wildman–Crippen MR) is 89.1 cm³/mol. The molecule has 2 aliphatic heterocycles.